The van der Waals surface area contributed by atoms with E-state index in [1.807, 2.05) is 0 Å². The Morgan fingerprint density at radius 2 is 2.50 bits per heavy atom. The molecule has 0 bridgehead atoms. The minimum absolute atomic E-state index is 0.304. The van der Waals surface area contributed by atoms with Gasteiger partial charge in [-0.2, -0.15) is 0 Å². The highest BCUT2D eigenvalue weighted by Gasteiger charge is 2.23. The molecule has 2 aromatic heterocycles. The fourth-order valence-corrected chi connectivity index (χ4v) is 3.46. The van der Waals surface area contributed by atoms with Crippen molar-refractivity contribution in [2.24, 2.45) is 11.7 Å². The summed E-state index contributed by atoms with van der Waals surface area (Å²) in [5, 5.41) is 2.07. The van der Waals surface area contributed by atoms with Gasteiger partial charge in [-0.1, -0.05) is 0 Å². The van der Waals surface area contributed by atoms with Gasteiger partial charge in [0.15, 0.2) is 4.96 Å². The zero-order valence-corrected chi connectivity index (χ0v) is 11.6. The van der Waals surface area contributed by atoms with E-state index in [0.717, 1.165) is 18.1 Å². The first-order valence-corrected chi connectivity index (χ1v) is 7.49. The SMILES string of the molecule is CC(N)C1CCCN(Cc2cn3ccsc3n2)C1. The van der Waals surface area contributed by atoms with Gasteiger partial charge in [0.1, 0.15) is 0 Å². The normalized spacial score (nSPS) is 23.6. The Balaban J connectivity index is 1.67. The van der Waals surface area contributed by atoms with Crippen LogP contribution in [-0.4, -0.2) is 33.4 Å². The molecule has 0 saturated carbocycles. The number of thiazole rings is 1. The highest BCUT2D eigenvalue weighted by molar-refractivity contribution is 7.15. The first-order valence-electron chi connectivity index (χ1n) is 6.61. The Bertz CT molecular complexity index is 487. The summed E-state index contributed by atoms with van der Waals surface area (Å²) in [6, 6.07) is 0.304. The maximum Gasteiger partial charge on any atom is 0.193 e. The van der Waals surface area contributed by atoms with E-state index >= 15 is 0 Å². The molecule has 2 aromatic rings. The second kappa shape index (κ2) is 4.99. The summed E-state index contributed by atoms with van der Waals surface area (Å²) in [6.07, 6.45) is 6.74. The average molecular weight is 264 g/mol. The number of hydrogen-bond acceptors (Lipinski definition) is 4. The Hall–Kier alpha value is -0.910. The van der Waals surface area contributed by atoms with Crippen molar-refractivity contribution in [3.05, 3.63) is 23.5 Å². The highest BCUT2D eigenvalue weighted by atomic mass is 32.1. The van der Waals surface area contributed by atoms with Crippen molar-refractivity contribution in [1.82, 2.24) is 14.3 Å². The Morgan fingerprint density at radius 3 is 3.28 bits per heavy atom. The molecule has 5 heteroatoms. The number of imidazole rings is 1. The maximum atomic E-state index is 6.02. The zero-order chi connectivity index (χ0) is 12.5. The average Bonchev–Trinajstić information content (AvgIpc) is 2.90. The van der Waals surface area contributed by atoms with Crippen molar-refractivity contribution >= 4 is 16.3 Å². The lowest BCUT2D eigenvalue weighted by Crippen LogP contribution is -2.41. The van der Waals surface area contributed by atoms with Crippen LogP contribution in [0.5, 0.6) is 0 Å². The molecule has 0 aromatic carbocycles. The van der Waals surface area contributed by atoms with Crippen molar-refractivity contribution in [2.75, 3.05) is 13.1 Å². The van der Waals surface area contributed by atoms with Gasteiger partial charge in [-0.25, -0.2) is 4.98 Å². The monoisotopic (exact) mass is 264 g/mol. The molecule has 0 radical (unpaired) electrons. The molecule has 1 aliphatic heterocycles. The van der Waals surface area contributed by atoms with Gasteiger partial charge in [-0.05, 0) is 32.2 Å². The van der Waals surface area contributed by atoms with Crippen LogP contribution in [0.15, 0.2) is 17.8 Å². The van der Waals surface area contributed by atoms with Gasteiger partial charge >= 0.3 is 0 Å². The van der Waals surface area contributed by atoms with Crippen molar-refractivity contribution in [3.63, 3.8) is 0 Å². The van der Waals surface area contributed by atoms with E-state index in [1.165, 1.54) is 25.1 Å². The van der Waals surface area contributed by atoms with Gasteiger partial charge in [0.25, 0.3) is 0 Å². The minimum Gasteiger partial charge on any atom is -0.328 e. The van der Waals surface area contributed by atoms with Gasteiger partial charge < -0.3 is 5.73 Å². The number of piperidine rings is 1. The van der Waals surface area contributed by atoms with Gasteiger partial charge in [0, 0.05) is 36.9 Å². The predicted octanol–water partition coefficient (Wildman–Crippen LogP) is 1.95. The summed E-state index contributed by atoms with van der Waals surface area (Å²) >= 11 is 1.69. The maximum absolute atomic E-state index is 6.02. The third-order valence-corrected chi connectivity index (χ3v) is 4.59. The molecule has 4 nitrogen and oxygen atoms in total. The van der Waals surface area contributed by atoms with Gasteiger partial charge in [0.2, 0.25) is 0 Å². The van der Waals surface area contributed by atoms with Crippen LogP contribution in [0.3, 0.4) is 0 Å². The largest absolute Gasteiger partial charge is 0.328 e. The lowest BCUT2D eigenvalue weighted by atomic mass is 9.92. The second-order valence-electron chi connectivity index (χ2n) is 5.32. The third kappa shape index (κ3) is 2.43. The van der Waals surface area contributed by atoms with Crippen LogP contribution >= 0.6 is 11.3 Å². The molecular formula is C13H20N4S. The fourth-order valence-electron chi connectivity index (χ4n) is 2.75. The zero-order valence-electron chi connectivity index (χ0n) is 10.7. The molecular weight excluding hydrogens is 244 g/mol. The van der Waals surface area contributed by atoms with Gasteiger partial charge in [0.05, 0.1) is 5.69 Å². The fraction of sp³-hybridized carbons (Fsp3) is 0.615. The lowest BCUT2D eigenvalue weighted by molar-refractivity contribution is 0.153. The van der Waals surface area contributed by atoms with Crippen molar-refractivity contribution in [1.29, 1.82) is 0 Å². The van der Waals surface area contributed by atoms with Gasteiger partial charge in [-0.3, -0.25) is 9.30 Å². The molecule has 3 rings (SSSR count). The molecule has 2 N–H and O–H groups in total. The van der Waals surface area contributed by atoms with Crippen LogP contribution in [0.1, 0.15) is 25.5 Å². The van der Waals surface area contributed by atoms with E-state index in [-0.39, 0.29) is 0 Å². The number of hydrogen-bond donors (Lipinski definition) is 1. The molecule has 1 aliphatic rings. The number of nitrogens with two attached hydrogens (primary N) is 1. The summed E-state index contributed by atoms with van der Waals surface area (Å²) < 4.78 is 2.10. The highest BCUT2D eigenvalue weighted by Crippen LogP contribution is 2.21. The molecule has 0 aliphatic carbocycles. The Labute approximate surface area is 111 Å². The van der Waals surface area contributed by atoms with E-state index in [1.54, 1.807) is 11.3 Å². The lowest BCUT2D eigenvalue weighted by Gasteiger charge is -2.34. The molecule has 1 saturated heterocycles. The first kappa shape index (κ1) is 12.1. The quantitative estimate of drug-likeness (QED) is 0.922. The molecule has 0 amide bonds. The first-order chi connectivity index (χ1) is 8.72. The van der Waals surface area contributed by atoms with Crippen LogP contribution in [0, 0.1) is 5.92 Å². The number of rotatable bonds is 3. The predicted molar refractivity (Wildman–Crippen MR) is 74.7 cm³/mol. The van der Waals surface area contributed by atoms with E-state index in [4.69, 9.17) is 5.73 Å². The van der Waals surface area contributed by atoms with Crippen LogP contribution in [-0.2, 0) is 6.54 Å². The van der Waals surface area contributed by atoms with Crippen molar-refractivity contribution < 1.29 is 0 Å². The van der Waals surface area contributed by atoms with E-state index in [2.05, 4.69) is 39.0 Å². The molecule has 18 heavy (non-hydrogen) atoms. The van der Waals surface area contributed by atoms with Crippen LogP contribution < -0.4 is 5.73 Å². The Kier molecular flexibility index (Phi) is 3.37. The van der Waals surface area contributed by atoms with Crippen molar-refractivity contribution in [2.45, 2.75) is 32.4 Å². The third-order valence-electron chi connectivity index (χ3n) is 3.81. The summed E-state index contributed by atoms with van der Waals surface area (Å²) in [4.78, 5) is 8.22. The summed E-state index contributed by atoms with van der Waals surface area (Å²) in [7, 11) is 0. The smallest absolute Gasteiger partial charge is 0.193 e. The molecule has 3 heterocycles. The molecule has 0 spiro atoms. The van der Waals surface area contributed by atoms with Crippen LogP contribution in [0.25, 0.3) is 4.96 Å². The van der Waals surface area contributed by atoms with Crippen LogP contribution in [0.2, 0.25) is 0 Å². The summed E-state index contributed by atoms with van der Waals surface area (Å²) in [5.41, 5.74) is 7.20. The van der Waals surface area contributed by atoms with Gasteiger partial charge in [-0.15, -0.1) is 11.3 Å². The van der Waals surface area contributed by atoms with E-state index in [9.17, 15) is 0 Å². The number of likely N-dealkylation sites (tertiary alicyclic amines) is 1. The molecule has 2 unspecified atom stereocenters. The van der Waals surface area contributed by atoms with Crippen LogP contribution in [0.4, 0.5) is 0 Å². The van der Waals surface area contributed by atoms with Crippen molar-refractivity contribution in [3.8, 4) is 0 Å². The second-order valence-corrected chi connectivity index (χ2v) is 6.19. The summed E-state index contributed by atoms with van der Waals surface area (Å²) in [5.74, 6) is 0.641. The summed E-state index contributed by atoms with van der Waals surface area (Å²) in [6.45, 7) is 5.37. The van der Waals surface area contributed by atoms with E-state index in [0.29, 0.717) is 12.0 Å². The number of fused-ring (bicyclic) bond motifs is 1. The topological polar surface area (TPSA) is 46.6 Å². The Morgan fingerprint density at radius 1 is 1.61 bits per heavy atom. The number of nitrogens with zero attached hydrogens (tertiary/aromatic N) is 3. The standard InChI is InChI=1S/C13H20N4S/c1-10(14)11-3-2-4-16(7-11)8-12-9-17-5-6-18-13(17)15-12/h5-6,9-11H,2-4,7-8,14H2,1H3. The number of aromatic nitrogens is 2. The molecule has 98 valence electrons. The van der Waals surface area contributed by atoms with E-state index < -0.39 is 0 Å². The molecule has 2 atom stereocenters. The minimum atomic E-state index is 0.304. The molecule has 1 fully saturated rings.